The van der Waals surface area contributed by atoms with Gasteiger partial charge in [0.1, 0.15) is 6.04 Å². The number of thioether (sulfide) groups is 1. The van der Waals surface area contributed by atoms with Crippen LogP contribution >= 0.6 is 11.8 Å². The Morgan fingerprint density at radius 2 is 1.87 bits per heavy atom. The molecule has 0 saturated carbocycles. The lowest BCUT2D eigenvalue weighted by Crippen LogP contribution is -2.35. The highest BCUT2D eigenvalue weighted by Crippen LogP contribution is 2.49. The van der Waals surface area contributed by atoms with Crippen molar-refractivity contribution < 1.29 is 0 Å². The standard InChI is InChI=1S/C26H30N4S/c1-5-19-10-12-21(13-11-19)29-17(3)15-22(18(29)4)25-24(23-9-7-8-14-27-23)28-26-30(25)20(6-2)16-31-26/h7-15,20,24-25H,5-6,16H2,1-4H3/t20-,24-,25+/m1/s1. The topological polar surface area (TPSA) is 33.4 Å². The van der Waals surface area contributed by atoms with E-state index >= 15 is 0 Å². The smallest absolute Gasteiger partial charge is 0.160 e. The summed E-state index contributed by atoms with van der Waals surface area (Å²) in [6.45, 7) is 8.96. The maximum absolute atomic E-state index is 5.19. The van der Waals surface area contributed by atoms with Gasteiger partial charge in [0.05, 0.1) is 11.7 Å². The van der Waals surface area contributed by atoms with Crippen LogP contribution in [0.5, 0.6) is 0 Å². The number of rotatable bonds is 5. The highest BCUT2D eigenvalue weighted by molar-refractivity contribution is 8.14. The summed E-state index contributed by atoms with van der Waals surface area (Å²) < 4.78 is 2.40. The molecule has 4 heterocycles. The van der Waals surface area contributed by atoms with Gasteiger partial charge in [0.2, 0.25) is 0 Å². The first kappa shape index (κ1) is 20.4. The highest BCUT2D eigenvalue weighted by atomic mass is 32.2. The average Bonchev–Trinajstić information content (AvgIpc) is 3.46. The van der Waals surface area contributed by atoms with E-state index in [1.807, 2.05) is 24.0 Å². The van der Waals surface area contributed by atoms with Gasteiger partial charge in [0.25, 0.3) is 0 Å². The molecule has 3 atom stereocenters. The second-order valence-corrected chi connectivity index (χ2v) is 9.51. The molecule has 5 heteroatoms. The van der Waals surface area contributed by atoms with Crippen molar-refractivity contribution in [2.24, 2.45) is 4.99 Å². The molecule has 0 bridgehead atoms. The van der Waals surface area contributed by atoms with Crippen molar-refractivity contribution in [2.45, 2.75) is 58.7 Å². The van der Waals surface area contributed by atoms with E-state index in [0.29, 0.717) is 6.04 Å². The fourth-order valence-corrected chi connectivity index (χ4v) is 6.39. The summed E-state index contributed by atoms with van der Waals surface area (Å²) in [5, 5.41) is 1.18. The number of aryl methyl sites for hydroxylation is 2. The number of aliphatic imine (C=N–C) groups is 1. The Morgan fingerprint density at radius 1 is 1.06 bits per heavy atom. The summed E-state index contributed by atoms with van der Waals surface area (Å²) in [5.41, 5.74) is 7.60. The van der Waals surface area contributed by atoms with E-state index in [9.17, 15) is 0 Å². The number of hydrogen-bond acceptors (Lipinski definition) is 4. The van der Waals surface area contributed by atoms with Gasteiger partial charge in [-0.3, -0.25) is 9.98 Å². The summed E-state index contributed by atoms with van der Waals surface area (Å²) in [7, 11) is 0. The summed E-state index contributed by atoms with van der Waals surface area (Å²) in [4.78, 5) is 12.5. The van der Waals surface area contributed by atoms with Gasteiger partial charge in [0.15, 0.2) is 5.17 Å². The van der Waals surface area contributed by atoms with Gasteiger partial charge in [0, 0.05) is 35.1 Å². The molecule has 2 aliphatic rings. The van der Waals surface area contributed by atoms with Crippen molar-refractivity contribution in [3.63, 3.8) is 0 Å². The molecule has 5 rings (SSSR count). The number of benzene rings is 1. The average molecular weight is 431 g/mol. The Bertz CT molecular complexity index is 1100. The number of nitrogens with zero attached hydrogens (tertiary/aromatic N) is 4. The van der Waals surface area contributed by atoms with Crippen molar-refractivity contribution in [1.82, 2.24) is 14.5 Å². The quantitative estimate of drug-likeness (QED) is 0.495. The first-order valence-corrected chi connectivity index (χ1v) is 12.3. The van der Waals surface area contributed by atoms with E-state index in [-0.39, 0.29) is 12.1 Å². The maximum atomic E-state index is 5.19. The summed E-state index contributed by atoms with van der Waals surface area (Å²) in [6, 6.07) is 18.3. The minimum absolute atomic E-state index is 0.0365. The fourth-order valence-electron chi connectivity index (χ4n) is 5.05. The Balaban J connectivity index is 1.61. The second-order valence-electron chi connectivity index (χ2n) is 8.52. The van der Waals surface area contributed by atoms with Gasteiger partial charge >= 0.3 is 0 Å². The minimum atomic E-state index is 0.0365. The van der Waals surface area contributed by atoms with Crippen LogP contribution in [0.15, 0.2) is 59.7 Å². The van der Waals surface area contributed by atoms with E-state index in [1.54, 1.807) is 0 Å². The van der Waals surface area contributed by atoms with Crippen molar-refractivity contribution in [3.05, 3.63) is 82.9 Å². The Hall–Kier alpha value is -2.53. The first-order chi connectivity index (χ1) is 15.1. The Morgan fingerprint density at radius 3 is 2.55 bits per heavy atom. The molecule has 0 amide bonds. The summed E-state index contributed by atoms with van der Waals surface area (Å²) >= 11 is 1.90. The normalized spacial score (nSPS) is 22.6. The van der Waals surface area contributed by atoms with E-state index in [2.05, 4.69) is 79.6 Å². The third-order valence-electron chi connectivity index (χ3n) is 6.72. The number of fused-ring (bicyclic) bond motifs is 1. The molecular weight excluding hydrogens is 400 g/mol. The molecule has 4 nitrogen and oxygen atoms in total. The van der Waals surface area contributed by atoms with Gasteiger partial charge in [-0.25, -0.2) is 0 Å². The monoisotopic (exact) mass is 430 g/mol. The SMILES string of the molecule is CCc1ccc(-n2c(C)cc([C@H]3[C@@H](c4ccccn4)N=C4SC[C@@H](CC)N43)c2C)cc1. The molecule has 0 aliphatic carbocycles. The predicted octanol–water partition coefficient (Wildman–Crippen LogP) is 6.03. The third-order valence-corrected chi connectivity index (χ3v) is 7.85. The van der Waals surface area contributed by atoms with Crippen LogP contribution in [0.2, 0.25) is 0 Å². The number of amidine groups is 1. The molecule has 1 fully saturated rings. The molecule has 31 heavy (non-hydrogen) atoms. The predicted molar refractivity (Wildman–Crippen MR) is 130 cm³/mol. The van der Waals surface area contributed by atoms with Gasteiger partial charge < -0.3 is 9.47 Å². The molecular formula is C26H30N4S. The molecule has 160 valence electrons. The van der Waals surface area contributed by atoms with Crippen LogP contribution in [0.3, 0.4) is 0 Å². The number of hydrogen-bond donors (Lipinski definition) is 0. The largest absolute Gasteiger partial charge is 0.338 e. The zero-order valence-corrected chi connectivity index (χ0v) is 19.6. The highest BCUT2D eigenvalue weighted by Gasteiger charge is 2.46. The van der Waals surface area contributed by atoms with E-state index in [4.69, 9.17) is 9.98 Å². The first-order valence-electron chi connectivity index (χ1n) is 11.3. The molecule has 0 radical (unpaired) electrons. The lowest BCUT2D eigenvalue weighted by atomic mass is 9.95. The zero-order valence-electron chi connectivity index (χ0n) is 18.7. The van der Waals surface area contributed by atoms with Crippen LogP contribution in [0.1, 0.15) is 60.6 Å². The minimum Gasteiger partial charge on any atom is -0.338 e. The third kappa shape index (κ3) is 3.39. The molecule has 2 aliphatic heterocycles. The fraction of sp³-hybridized carbons (Fsp3) is 0.385. The van der Waals surface area contributed by atoms with E-state index in [0.717, 1.165) is 24.3 Å². The van der Waals surface area contributed by atoms with Crippen LogP contribution < -0.4 is 0 Å². The van der Waals surface area contributed by atoms with Crippen LogP contribution in [0.4, 0.5) is 0 Å². The van der Waals surface area contributed by atoms with Gasteiger partial charge in [-0.2, -0.15) is 0 Å². The van der Waals surface area contributed by atoms with Crippen LogP contribution in [0, 0.1) is 13.8 Å². The Labute approximate surface area is 189 Å². The molecule has 0 N–H and O–H groups in total. The number of aromatic nitrogens is 2. The molecule has 3 aromatic rings. The van der Waals surface area contributed by atoms with Crippen molar-refractivity contribution in [3.8, 4) is 5.69 Å². The zero-order chi connectivity index (χ0) is 21.5. The van der Waals surface area contributed by atoms with E-state index in [1.165, 1.54) is 33.4 Å². The lowest BCUT2D eigenvalue weighted by Gasteiger charge is -2.32. The second kappa shape index (κ2) is 8.19. The molecule has 1 aromatic carbocycles. The maximum Gasteiger partial charge on any atom is 0.160 e. The van der Waals surface area contributed by atoms with Crippen LogP contribution in [0.25, 0.3) is 5.69 Å². The lowest BCUT2D eigenvalue weighted by molar-refractivity contribution is 0.254. The molecule has 1 saturated heterocycles. The van der Waals surface area contributed by atoms with Crippen molar-refractivity contribution in [1.29, 1.82) is 0 Å². The number of pyridine rings is 1. The summed E-state index contributed by atoms with van der Waals surface area (Å²) in [5.74, 6) is 1.12. The van der Waals surface area contributed by atoms with E-state index < -0.39 is 0 Å². The molecule has 0 spiro atoms. The van der Waals surface area contributed by atoms with Crippen LogP contribution in [-0.4, -0.2) is 31.4 Å². The van der Waals surface area contributed by atoms with Crippen molar-refractivity contribution >= 4 is 16.9 Å². The van der Waals surface area contributed by atoms with Gasteiger partial charge in [-0.05, 0) is 68.1 Å². The Kier molecular flexibility index (Phi) is 5.39. The van der Waals surface area contributed by atoms with Gasteiger partial charge in [-0.15, -0.1) is 0 Å². The van der Waals surface area contributed by atoms with Gasteiger partial charge in [-0.1, -0.05) is 43.8 Å². The van der Waals surface area contributed by atoms with Crippen molar-refractivity contribution in [2.75, 3.05) is 5.75 Å². The van der Waals surface area contributed by atoms with Crippen LogP contribution in [-0.2, 0) is 6.42 Å². The molecule has 2 aromatic heterocycles. The summed E-state index contributed by atoms with van der Waals surface area (Å²) in [6.07, 6.45) is 4.09. The molecule has 0 unspecified atom stereocenters.